The lowest BCUT2D eigenvalue weighted by Gasteiger charge is -2.42. The van der Waals surface area contributed by atoms with Gasteiger partial charge in [-0.1, -0.05) is 44.6 Å². The summed E-state index contributed by atoms with van der Waals surface area (Å²) in [4.78, 5) is 37.2. The zero-order valence-corrected chi connectivity index (χ0v) is 26.4. The van der Waals surface area contributed by atoms with E-state index in [0.29, 0.717) is 31.6 Å². The molecule has 2 aliphatic heterocycles. The van der Waals surface area contributed by atoms with Gasteiger partial charge in [-0.3, -0.25) is 14.4 Å². The van der Waals surface area contributed by atoms with Gasteiger partial charge in [-0.05, 0) is 70.6 Å². The number of anilines is 1. The lowest BCUT2D eigenvalue weighted by atomic mass is 9.68. The third-order valence-electron chi connectivity index (χ3n) is 9.02. The molecule has 0 unspecified atom stereocenters. The molecule has 8 nitrogen and oxygen atoms in total. The fourth-order valence-corrected chi connectivity index (χ4v) is 6.32. The minimum Gasteiger partial charge on any atom is -0.460 e. The molecule has 6 atom stereocenters. The van der Waals surface area contributed by atoms with E-state index in [1.165, 1.54) is 5.57 Å². The number of nitrogens with one attached hydrogen (secondary N) is 1. The van der Waals surface area contributed by atoms with Crippen LogP contribution in [0.5, 0.6) is 0 Å². The van der Waals surface area contributed by atoms with Crippen molar-refractivity contribution in [1.82, 2.24) is 0 Å². The Morgan fingerprint density at radius 2 is 1.79 bits per heavy atom. The van der Waals surface area contributed by atoms with Gasteiger partial charge in [-0.25, -0.2) is 0 Å². The molecule has 232 valence electrons. The van der Waals surface area contributed by atoms with Crippen LogP contribution in [0.1, 0.15) is 92.1 Å². The average Bonchev–Trinajstić information content (AvgIpc) is 3.84. The fraction of sp³-hybridized carbons (Fsp3) is 0.676. The number of hydrogen-bond donors (Lipinski definition) is 1. The minimum absolute atomic E-state index is 0.00935. The molecule has 42 heavy (non-hydrogen) atoms. The molecular weight excluding hydrogens is 534 g/mol. The predicted octanol–water partition coefficient (Wildman–Crippen LogP) is 5.96. The first kappa shape index (κ1) is 32.4. The van der Waals surface area contributed by atoms with Crippen molar-refractivity contribution >= 4 is 23.3 Å². The smallest absolute Gasteiger partial charge is 0.306 e. The highest BCUT2D eigenvalue weighted by Crippen LogP contribution is 2.59. The Morgan fingerprint density at radius 1 is 1.10 bits per heavy atom. The second-order valence-electron chi connectivity index (χ2n) is 13.7. The molecule has 1 aliphatic carbocycles. The van der Waals surface area contributed by atoms with Crippen LogP contribution in [0, 0.1) is 11.3 Å². The molecule has 3 aliphatic rings. The molecule has 2 heterocycles. The zero-order valence-electron chi connectivity index (χ0n) is 26.4. The van der Waals surface area contributed by atoms with E-state index in [1.54, 1.807) is 7.11 Å². The van der Waals surface area contributed by atoms with Crippen LogP contribution < -0.4 is 5.32 Å². The van der Waals surface area contributed by atoms with Gasteiger partial charge in [0.15, 0.2) is 0 Å². The first-order chi connectivity index (χ1) is 19.8. The van der Waals surface area contributed by atoms with Crippen LogP contribution in [-0.2, 0) is 39.8 Å². The standard InChI is InChI=1S/C34H49NO7/c1-22(2)11-17-27-33(6,42-27)31-30(39-7)25(19-20-34(31)21-40-34)41-29(38)10-8-9-23-12-14-24(15-13-23)35-28(37)18-16-26(36)32(3,4)5/h11-15,25,27,30-31H,8-10,16-21H2,1-7H3,(H,35,37)/t25-,27-,30-,31-,33-,34+/m1/s1. The van der Waals surface area contributed by atoms with E-state index in [2.05, 4.69) is 32.2 Å². The maximum Gasteiger partial charge on any atom is 0.306 e. The minimum atomic E-state index is -0.439. The van der Waals surface area contributed by atoms with Crippen molar-refractivity contribution < 1.29 is 33.3 Å². The predicted molar refractivity (Wildman–Crippen MR) is 161 cm³/mol. The van der Waals surface area contributed by atoms with Crippen molar-refractivity contribution in [1.29, 1.82) is 0 Å². The summed E-state index contributed by atoms with van der Waals surface area (Å²) >= 11 is 0. The van der Waals surface area contributed by atoms with Crippen LogP contribution in [-0.4, -0.2) is 60.9 Å². The molecule has 2 saturated heterocycles. The number of epoxide rings is 2. The van der Waals surface area contributed by atoms with Crippen LogP contribution in [0.4, 0.5) is 5.69 Å². The summed E-state index contributed by atoms with van der Waals surface area (Å²) in [5.74, 6) is -0.309. The second-order valence-corrected chi connectivity index (χ2v) is 13.7. The largest absolute Gasteiger partial charge is 0.460 e. The number of methoxy groups -OCH3 is 1. The Balaban J connectivity index is 1.23. The van der Waals surface area contributed by atoms with E-state index in [1.807, 2.05) is 45.0 Å². The quantitative estimate of drug-likeness (QED) is 0.173. The number of ether oxygens (including phenoxy) is 4. The molecule has 3 fully saturated rings. The summed E-state index contributed by atoms with van der Waals surface area (Å²) in [6, 6.07) is 7.60. The SMILES string of the molecule is CO[C@@H]1[C@H](OC(=O)CCCc2ccc(NC(=O)CCC(=O)C(C)(C)C)cc2)CC[C@]2(CO2)[C@H]1[C@]1(C)O[C@@H]1CC=C(C)C. The van der Waals surface area contributed by atoms with Gasteiger partial charge in [-0.15, -0.1) is 0 Å². The number of esters is 1. The third-order valence-corrected chi connectivity index (χ3v) is 9.02. The normalized spacial score (nSPS) is 30.0. The molecule has 1 amide bonds. The zero-order chi connectivity index (χ0) is 30.7. The van der Waals surface area contributed by atoms with E-state index >= 15 is 0 Å². The van der Waals surface area contributed by atoms with Crippen molar-refractivity contribution in [2.24, 2.45) is 11.3 Å². The number of ketones is 1. The van der Waals surface area contributed by atoms with Gasteiger partial charge >= 0.3 is 5.97 Å². The Labute approximate surface area is 250 Å². The third kappa shape index (κ3) is 7.88. The number of carbonyl (C=O) groups excluding carboxylic acids is 3. The van der Waals surface area contributed by atoms with Gasteiger partial charge in [0.05, 0.1) is 18.6 Å². The second kappa shape index (κ2) is 13.0. The maximum atomic E-state index is 12.9. The van der Waals surface area contributed by atoms with Gasteiger partial charge in [0.25, 0.3) is 0 Å². The number of hydrogen-bond acceptors (Lipinski definition) is 7. The van der Waals surface area contributed by atoms with Crippen molar-refractivity contribution in [2.45, 2.75) is 122 Å². The number of rotatable bonds is 13. The van der Waals surface area contributed by atoms with Gasteiger partial charge in [-0.2, -0.15) is 0 Å². The van der Waals surface area contributed by atoms with Crippen LogP contribution in [0.2, 0.25) is 0 Å². The number of carbonyl (C=O) groups is 3. The Kier molecular flexibility index (Phi) is 10.0. The first-order valence-electron chi connectivity index (χ1n) is 15.4. The molecule has 8 heteroatoms. The van der Waals surface area contributed by atoms with E-state index < -0.39 is 5.41 Å². The summed E-state index contributed by atoms with van der Waals surface area (Å²) in [6.07, 6.45) is 6.22. The Morgan fingerprint density at radius 3 is 2.38 bits per heavy atom. The summed E-state index contributed by atoms with van der Waals surface area (Å²) in [5.41, 5.74) is 2.00. The van der Waals surface area contributed by atoms with Crippen molar-refractivity contribution in [3.8, 4) is 0 Å². The Hall–Kier alpha value is -2.55. The summed E-state index contributed by atoms with van der Waals surface area (Å²) in [5, 5.41) is 2.85. The monoisotopic (exact) mass is 583 g/mol. The average molecular weight is 584 g/mol. The highest BCUT2D eigenvalue weighted by atomic mass is 16.6. The molecule has 1 aromatic carbocycles. The molecule has 0 aromatic heterocycles. The van der Waals surface area contributed by atoms with E-state index in [-0.39, 0.29) is 65.9 Å². The van der Waals surface area contributed by atoms with Crippen molar-refractivity contribution in [2.75, 3.05) is 19.0 Å². The molecule has 0 bridgehead atoms. The van der Waals surface area contributed by atoms with Gasteiger partial charge < -0.3 is 24.3 Å². The highest BCUT2D eigenvalue weighted by molar-refractivity contribution is 5.94. The van der Waals surface area contributed by atoms with E-state index in [4.69, 9.17) is 18.9 Å². The van der Waals surface area contributed by atoms with Crippen molar-refractivity contribution in [3.63, 3.8) is 0 Å². The number of Topliss-reactive ketones (excluding diaryl/α,β-unsaturated/α-hetero) is 1. The number of aryl methyl sites for hydroxylation is 1. The van der Waals surface area contributed by atoms with Crippen molar-refractivity contribution in [3.05, 3.63) is 41.5 Å². The van der Waals surface area contributed by atoms with Gasteiger partial charge in [0.2, 0.25) is 5.91 Å². The molecule has 0 radical (unpaired) electrons. The van der Waals surface area contributed by atoms with E-state index in [9.17, 15) is 14.4 Å². The lowest BCUT2D eigenvalue weighted by molar-refractivity contribution is -0.172. The fourth-order valence-electron chi connectivity index (χ4n) is 6.32. The number of amides is 1. The molecule has 1 aromatic rings. The molecule has 1 saturated carbocycles. The molecule has 4 rings (SSSR count). The van der Waals surface area contributed by atoms with Crippen LogP contribution in [0.15, 0.2) is 35.9 Å². The van der Waals surface area contributed by atoms with Gasteiger partial charge in [0.1, 0.15) is 29.2 Å². The topological polar surface area (TPSA) is 107 Å². The molecular formula is C34H49NO7. The van der Waals surface area contributed by atoms with E-state index in [0.717, 1.165) is 24.8 Å². The summed E-state index contributed by atoms with van der Waals surface area (Å²) in [6.45, 7) is 12.6. The lowest BCUT2D eigenvalue weighted by Crippen LogP contribution is -2.55. The maximum absolute atomic E-state index is 12.9. The van der Waals surface area contributed by atoms with Crippen LogP contribution >= 0.6 is 0 Å². The number of benzene rings is 1. The molecule has 1 spiro atoms. The van der Waals surface area contributed by atoms with Crippen LogP contribution in [0.3, 0.4) is 0 Å². The number of allylic oxidation sites excluding steroid dienone is 1. The Bertz CT molecular complexity index is 1160. The van der Waals surface area contributed by atoms with Crippen LogP contribution in [0.25, 0.3) is 0 Å². The highest BCUT2D eigenvalue weighted by Gasteiger charge is 2.72. The summed E-state index contributed by atoms with van der Waals surface area (Å²) in [7, 11) is 1.69. The first-order valence-corrected chi connectivity index (χ1v) is 15.4. The summed E-state index contributed by atoms with van der Waals surface area (Å²) < 4.78 is 24.2. The molecule has 1 N–H and O–H groups in total. The van der Waals surface area contributed by atoms with Gasteiger partial charge in [0, 0.05) is 37.5 Å².